The number of anilines is 1. The third-order valence-electron chi connectivity index (χ3n) is 1.56. The molecule has 0 aliphatic rings. The molecule has 76 valence electrons. The largest absolute Gasteiger partial charge is 0.469 e. The van der Waals surface area contributed by atoms with Crippen LogP contribution in [0.15, 0.2) is 23.2 Å². The van der Waals surface area contributed by atoms with E-state index in [1.165, 1.54) is 7.11 Å². The topological polar surface area (TPSA) is 65.2 Å². The van der Waals surface area contributed by atoms with E-state index < -0.39 is 0 Å². The van der Waals surface area contributed by atoms with Gasteiger partial charge in [-0.2, -0.15) is 0 Å². The molecule has 0 fully saturated rings. The van der Waals surface area contributed by atoms with E-state index in [1.807, 2.05) is 6.07 Å². The van der Waals surface area contributed by atoms with E-state index in [2.05, 4.69) is 9.72 Å². The van der Waals surface area contributed by atoms with Gasteiger partial charge >= 0.3 is 5.97 Å². The minimum Gasteiger partial charge on any atom is -0.469 e. The number of carbonyl (C=O) groups excluding carboxylic acids is 1. The lowest BCUT2D eigenvalue weighted by atomic mass is 10.5. The number of aromatic nitrogens is 1. The molecule has 2 N–H and O–H groups in total. The minimum atomic E-state index is -0.195. The molecule has 0 bridgehead atoms. The minimum absolute atomic E-state index is 0.195. The summed E-state index contributed by atoms with van der Waals surface area (Å²) in [7, 11) is 1.39. The predicted octanol–water partition coefficient (Wildman–Crippen LogP) is 1.32. The van der Waals surface area contributed by atoms with Crippen molar-refractivity contribution in [1.82, 2.24) is 4.98 Å². The zero-order chi connectivity index (χ0) is 10.4. The summed E-state index contributed by atoms with van der Waals surface area (Å²) in [6.45, 7) is 0. The van der Waals surface area contributed by atoms with Gasteiger partial charge in [0.2, 0.25) is 0 Å². The predicted molar refractivity (Wildman–Crippen MR) is 56.0 cm³/mol. The molecular formula is C9H12N2O2S. The summed E-state index contributed by atoms with van der Waals surface area (Å²) in [5, 5.41) is 0. The van der Waals surface area contributed by atoms with Gasteiger partial charge in [0.1, 0.15) is 5.82 Å². The third-order valence-corrected chi connectivity index (χ3v) is 2.55. The summed E-state index contributed by atoms with van der Waals surface area (Å²) in [4.78, 5) is 15.7. The van der Waals surface area contributed by atoms with Crippen molar-refractivity contribution in [3.8, 4) is 0 Å². The Balaban J connectivity index is 2.35. The van der Waals surface area contributed by atoms with Gasteiger partial charge in [-0.05, 0) is 12.1 Å². The average Bonchev–Trinajstić information content (AvgIpc) is 2.17. The molecular weight excluding hydrogens is 200 g/mol. The number of methoxy groups -OCH3 is 1. The van der Waals surface area contributed by atoms with Gasteiger partial charge in [-0.1, -0.05) is 0 Å². The van der Waals surface area contributed by atoms with Crippen LogP contribution < -0.4 is 5.73 Å². The molecule has 5 heteroatoms. The second-order valence-corrected chi connectivity index (χ2v) is 3.76. The van der Waals surface area contributed by atoms with Gasteiger partial charge in [-0.25, -0.2) is 4.98 Å². The Hall–Kier alpha value is -1.23. The van der Waals surface area contributed by atoms with E-state index in [4.69, 9.17) is 5.73 Å². The fraction of sp³-hybridized carbons (Fsp3) is 0.333. The summed E-state index contributed by atoms with van der Waals surface area (Å²) in [6, 6.07) is 3.64. The number of nitrogens with zero attached hydrogens (tertiary/aromatic N) is 1. The summed E-state index contributed by atoms with van der Waals surface area (Å²) in [5.74, 6) is 0.989. The molecule has 0 spiro atoms. The van der Waals surface area contributed by atoms with Crippen LogP contribution in [0.25, 0.3) is 0 Å². The maximum absolute atomic E-state index is 10.8. The smallest absolute Gasteiger partial charge is 0.306 e. The second kappa shape index (κ2) is 5.49. The van der Waals surface area contributed by atoms with E-state index in [1.54, 1.807) is 24.0 Å². The first-order chi connectivity index (χ1) is 6.72. The Morgan fingerprint density at radius 2 is 2.50 bits per heavy atom. The third kappa shape index (κ3) is 3.66. The van der Waals surface area contributed by atoms with Crippen LogP contribution >= 0.6 is 11.8 Å². The van der Waals surface area contributed by atoms with Crippen LogP contribution in [0.2, 0.25) is 0 Å². The van der Waals surface area contributed by atoms with Crippen molar-refractivity contribution < 1.29 is 9.53 Å². The number of hydrogen-bond acceptors (Lipinski definition) is 5. The molecule has 14 heavy (non-hydrogen) atoms. The lowest BCUT2D eigenvalue weighted by Crippen LogP contribution is -2.00. The number of hydrogen-bond donors (Lipinski definition) is 1. The van der Waals surface area contributed by atoms with Crippen molar-refractivity contribution in [1.29, 1.82) is 0 Å². The van der Waals surface area contributed by atoms with Gasteiger partial charge < -0.3 is 10.5 Å². The SMILES string of the molecule is COC(=O)CCSc1ccnc(N)c1. The molecule has 0 saturated heterocycles. The van der Waals surface area contributed by atoms with Gasteiger partial charge in [0.05, 0.1) is 13.5 Å². The van der Waals surface area contributed by atoms with Crippen molar-refractivity contribution >= 4 is 23.5 Å². The van der Waals surface area contributed by atoms with Crippen LogP contribution in [-0.4, -0.2) is 23.8 Å². The quantitative estimate of drug-likeness (QED) is 0.602. The summed E-state index contributed by atoms with van der Waals surface area (Å²) in [6.07, 6.45) is 2.05. The molecule has 0 aliphatic heterocycles. The van der Waals surface area contributed by atoms with Crippen LogP contribution in [0.5, 0.6) is 0 Å². The number of esters is 1. The van der Waals surface area contributed by atoms with Crippen molar-refractivity contribution in [2.45, 2.75) is 11.3 Å². The highest BCUT2D eigenvalue weighted by Gasteiger charge is 2.01. The van der Waals surface area contributed by atoms with Crippen LogP contribution in [0, 0.1) is 0 Å². The molecule has 1 rings (SSSR count). The Bertz CT molecular complexity index is 317. The molecule has 1 aromatic heterocycles. The second-order valence-electron chi connectivity index (χ2n) is 2.59. The van der Waals surface area contributed by atoms with E-state index in [-0.39, 0.29) is 5.97 Å². The monoisotopic (exact) mass is 212 g/mol. The number of thioether (sulfide) groups is 1. The number of rotatable bonds is 4. The zero-order valence-corrected chi connectivity index (χ0v) is 8.71. The number of nitrogen functional groups attached to an aromatic ring is 1. The first-order valence-electron chi connectivity index (χ1n) is 4.13. The van der Waals surface area contributed by atoms with Gasteiger partial charge in [0.25, 0.3) is 0 Å². The fourth-order valence-electron chi connectivity index (χ4n) is 0.872. The highest BCUT2D eigenvalue weighted by atomic mass is 32.2. The Labute approximate surface area is 86.8 Å². The lowest BCUT2D eigenvalue weighted by molar-refractivity contribution is -0.140. The fourth-order valence-corrected chi connectivity index (χ4v) is 1.74. The van der Waals surface area contributed by atoms with Crippen LogP contribution in [0.4, 0.5) is 5.82 Å². The number of pyridine rings is 1. The Kier molecular flexibility index (Phi) is 4.25. The number of carbonyl (C=O) groups is 1. The van der Waals surface area contributed by atoms with Crippen molar-refractivity contribution in [2.24, 2.45) is 0 Å². The van der Waals surface area contributed by atoms with Crippen LogP contribution in [-0.2, 0) is 9.53 Å². The normalized spacial score (nSPS) is 9.79. The van der Waals surface area contributed by atoms with Crippen LogP contribution in [0.3, 0.4) is 0 Å². The average molecular weight is 212 g/mol. The van der Waals surface area contributed by atoms with Crippen LogP contribution in [0.1, 0.15) is 6.42 Å². The van der Waals surface area contributed by atoms with Crippen molar-refractivity contribution in [3.63, 3.8) is 0 Å². The van der Waals surface area contributed by atoms with E-state index >= 15 is 0 Å². The number of nitrogens with two attached hydrogens (primary N) is 1. The molecule has 1 heterocycles. The zero-order valence-electron chi connectivity index (χ0n) is 7.90. The summed E-state index contributed by atoms with van der Waals surface area (Å²) < 4.78 is 4.52. The molecule has 0 atom stereocenters. The molecule has 0 amide bonds. The molecule has 0 radical (unpaired) electrons. The van der Waals surface area contributed by atoms with Crippen molar-refractivity contribution in [3.05, 3.63) is 18.3 Å². The first kappa shape index (κ1) is 10.8. The summed E-state index contributed by atoms with van der Waals surface area (Å²) in [5.41, 5.74) is 5.50. The van der Waals surface area contributed by atoms with Crippen molar-refractivity contribution in [2.75, 3.05) is 18.6 Å². The highest BCUT2D eigenvalue weighted by Crippen LogP contribution is 2.19. The Morgan fingerprint density at radius 3 is 3.14 bits per heavy atom. The van der Waals surface area contributed by atoms with Gasteiger partial charge in [0.15, 0.2) is 0 Å². The molecule has 4 nitrogen and oxygen atoms in total. The van der Waals surface area contributed by atoms with E-state index in [0.29, 0.717) is 18.0 Å². The molecule has 0 aliphatic carbocycles. The lowest BCUT2D eigenvalue weighted by Gasteiger charge is -2.01. The van der Waals surface area contributed by atoms with E-state index in [9.17, 15) is 4.79 Å². The molecule has 0 saturated carbocycles. The molecule has 0 unspecified atom stereocenters. The number of ether oxygens (including phenoxy) is 1. The first-order valence-corrected chi connectivity index (χ1v) is 5.12. The van der Waals surface area contributed by atoms with Gasteiger partial charge in [-0.15, -0.1) is 11.8 Å². The van der Waals surface area contributed by atoms with Gasteiger partial charge in [-0.3, -0.25) is 4.79 Å². The molecule has 0 aromatic carbocycles. The van der Waals surface area contributed by atoms with Gasteiger partial charge in [0, 0.05) is 16.8 Å². The standard InChI is InChI=1S/C9H12N2O2S/c1-13-9(12)3-5-14-7-2-4-11-8(10)6-7/h2,4,6H,3,5H2,1H3,(H2,10,11). The Morgan fingerprint density at radius 1 is 1.71 bits per heavy atom. The van der Waals surface area contributed by atoms with E-state index in [0.717, 1.165) is 4.90 Å². The highest BCUT2D eigenvalue weighted by molar-refractivity contribution is 7.99. The summed E-state index contributed by atoms with van der Waals surface area (Å²) >= 11 is 1.56. The molecule has 1 aromatic rings. The maximum Gasteiger partial charge on any atom is 0.306 e. The maximum atomic E-state index is 10.8.